The molecule has 3 aromatic rings. The maximum atomic E-state index is 13.2. The summed E-state index contributed by atoms with van der Waals surface area (Å²) in [5.74, 6) is -1.11. The van der Waals surface area contributed by atoms with Gasteiger partial charge in [-0.1, -0.05) is 42.1 Å². The summed E-state index contributed by atoms with van der Waals surface area (Å²) in [7, 11) is 1.89. The van der Waals surface area contributed by atoms with Gasteiger partial charge in [-0.25, -0.2) is 5.01 Å². The van der Waals surface area contributed by atoms with Crippen molar-refractivity contribution in [1.29, 1.82) is 0 Å². The Hall–Kier alpha value is -3.27. The van der Waals surface area contributed by atoms with Crippen LogP contribution in [0.3, 0.4) is 0 Å². The van der Waals surface area contributed by atoms with Crippen molar-refractivity contribution in [2.45, 2.75) is 12.7 Å². The van der Waals surface area contributed by atoms with Crippen molar-refractivity contribution in [2.75, 3.05) is 11.1 Å². The first-order valence-corrected chi connectivity index (χ1v) is 10.2. The van der Waals surface area contributed by atoms with E-state index >= 15 is 0 Å². The second-order valence-corrected chi connectivity index (χ2v) is 7.89. The predicted molar refractivity (Wildman–Crippen MR) is 113 cm³/mol. The van der Waals surface area contributed by atoms with Crippen LogP contribution in [0.2, 0.25) is 0 Å². The molecular formula is C21H17F3N4O2S. The van der Waals surface area contributed by atoms with Crippen LogP contribution in [0.5, 0.6) is 0 Å². The number of anilines is 1. The number of carbonyl (C=O) groups excluding carboxylic acids is 2. The fourth-order valence-electron chi connectivity index (χ4n) is 3.36. The molecule has 0 atom stereocenters. The van der Waals surface area contributed by atoms with Crippen LogP contribution in [0.25, 0.3) is 10.9 Å². The number of aromatic nitrogens is 1. The van der Waals surface area contributed by atoms with E-state index in [0.29, 0.717) is 0 Å². The molecular weight excluding hydrogens is 429 g/mol. The van der Waals surface area contributed by atoms with Crippen molar-refractivity contribution < 1.29 is 22.8 Å². The van der Waals surface area contributed by atoms with Crippen molar-refractivity contribution in [3.8, 4) is 0 Å². The van der Waals surface area contributed by atoms with Crippen LogP contribution in [-0.4, -0.2) is 32.2 Å². The van der Waals surface area contributed by atoms with Crippen LogP contribution < -0.4 is 5.32 Å². The number of para-hydroxylation sites is 2. The molecule has 1 aliphatic rings. The second kappa shape index (κ2) is 8.10. The van der Waals surface area contributed by atoms with Gasteiger partial charge in [-0.15, -0.1) is 0 Å². The summed E-state index contributed by atoms with van der Waals surface area (Å²) in [5, 5.41) is 8.46. The molecule has 10 heteroatoms. The normalized spacial score (nSPS) is 14.6. The van der Waals surface area contributed by atoms with Gasteiger partial charge >= 0.3 is 6.18 Å². The molecule has 1 aliphatic heterocycles. The Kier molecular flexibility index (Phi) is 5.48. The average Bonchev–Trinajstić information content (AvgIpc) is 3.05. The molecule has 0 saturated carbocycles. The number of aryl methyl sites for hydroxylation is 1. The molecule has 0 spiro atoms. The maximum Gasteiger partial charge on any atom is 0.418 e. The summed E-state index contributed by atoms with van der Waals surface area (Å²) in [6.07, 6.45) is -2.73. The molecule has 1 aromatic heterocycles. The molecule has 2 heterocycles. The van der Waals surface area contributed by atoms with Gasteiger partial charge in [-0.2, -0.15) is 18.3 Å². The lowest BCUT2D eigenvalue weighted by atomic mass is 10.1. The van der Waals surface area contributed by atoms with E-state index in [1.165, 1.54) is 23.2 Å². The number of nitrogens with zero attached hydrogens (tertiary/aromatic N) is 3. The van der Waals surface area contributed by atoms with Crippen molar-refractivity contribution in [2.24, 2.45) is 12.1 Å². The standard InChI is InChI=1S/C21H17F3N4O2S/c1-27-10-13(14-6-2-5-9-17(14)27)11-28-18(29)12-31-20(26-28)19(30)25-16-8-4-3-7-15(16)21(22,23)24/h2-10H,11-12H2,1H3,(H,25,30). The third-order valence-electron chi connectivity index (χ3n) is 4.81. The lowest BCUT2D eigenvalue weighted by Crippen LogP contribution is -2.36. The van der Waals surface area contributed by atoms with E-state index in [1.807, 2.05) is 42.1 Å². The molecule has 160 valence electrons. The number of thioether (sulfide) groups is 1. The van der Waals surface area contributed by atoms with Crippen LogP contribution in [-0.2, 0) is 29.4 Å². The Morgan fingerprint density at radius 1 is 1.16 bits per heavy atom. The van der Waals surface area contributed by atoms with Crippen molar-refractivity contribution in [3.63, 3.8) is 0 Å². The predicted octanol–water partition coefficient (Wildman–Crippen LogP) is 4.22. The largest absolute Gasteiger partial charge is 0.418 e. The van der Waals surface area contributed by atoms with Crippen LogP contribution in [0.1, 0.15) is 11.1 Å². The van der Waals surface area contributed by atoms with Gasteiger partial charge in [-0.3, -0.25) is 9.59 Å². The van der Waals surface area contributed by atoms with Crippen molar-refractivity contribution in [1.82, 2.24) is 9.58 Å². The third kappa shape index (κ3) is 4.29. The van der Waals surface area contributed by atoms with E-state index in [1.54, 1.807) is 0 Å². The summed E-state index contributed by atoms with van der Waals surface area (Å²) in [4.78, 5) is 25.0. The smallest absolute Gasteiger partial charge is 0.350 e. The molecule has 0 fully saturated rings. The number of benzene rings is 2. The summed E-state index contributed by atoms with van der Waals surface area (Å²) < 4.78 is 41.5. The SMILES string of the molecule is Cn1cc(CN2N=C(C(=O)Nc3ccccc3C(F)(F)F)SCC2=O)c2ccccc21. The molecule has 2 aromatic carbocycles. The number of alkyl halides is 3. The fraction of sp³-hybridized carbons (Fsp3) is 0.190. The van der Waals surface area contributed by atoms with Crippen LogP contribution in [0.4, 0.5) is 18.9 Å². The van der Waals surface area contributed by atoms with Crippen LogP contribution in [0, 0.1) is 0 Å². The molecule has 0 radical (unpaired) electrons. The minimum Gasteiger partial charge on any atom is -0.350 e. The number of halogens is 3. The van der Waals surface area contributed by atoms with Crippen molar-refractivity contribution in [3.05, 3.63) is 65.9 Å². The van der Waals surface area contributed by atoms with Gasteiger partial charge in [0.1, 0.15) is 0 Å². The molecule has 0 bridgehead atoms. The quantitative estimate of drug-likeness (QED) is 0.653. The number of hydrogen-bond donors (Lipinski definition) is 1. The number of carbonyl (C=O) groups is 2. The van der Waals surface area contributed by atoms with Crippen LogP contribution >= 0.6 is 11.8 Å². The number of rotatable bonds is 4. The topological polar surface area (TPSA) is 66.7 Å². The first-order chi connectivity index (χ1) is 14.7. The zero-order valence-electron chi connectivity index (χ0n) is 16.3. The molecule has 4 rings (SSSR count). The number of hydrogen-bond acceptors (Lipinski definition) is 4. The van der Waals surface area contributed by atoms with Crippen molar-refractivity contribution >= 4 is 45.2 Å². The molecule has 1 N–H and O–H groups in total. The van der Waals surface area contributed by atoms with E-state index in [2.05, 4.69) is 10.4 Å². The number of amides is 2. The maximum absolute atomic E-state index is 13.2. The summed E-state index contributed by atoms with van der Waals surface area (Å²) in [6, 6.07) is 12.4. The first-order valence-electron chi connectivity index (χ1n) is 9.26. The number of fused-ring (bicyclic) bond motifs is 1. The number of hydrazone groups is 1. The Morgan fingerprint density at radius 3 is 2.65 bits per heavy atom. The highest BCUT2D eigenvalue weighted by atomic mass is 32.2. The highest BCUT2D eigenvalue weighted by Gasteiger charge is 2.34. The molecule has 0 aliphatic carbocycles. The molecule has 0 unspecified atom stereocenters. The highest BCUT2D eigenvalue weighted by molar-refractivity contribution is 8.16. The van der Waals surface area contributed by atoms with E-state index in [0.717, 1.165) is 34.3 Å². The summed E-state index contributed by atoms with van der Waals surface area (Å²) in [6.45, 7) is 0.149. The molecule has 2 amide bonds. The zero-order chi connectivity index (χ0) is 22.2. The Morgan fingerprint density at radius 2 is 1.87 bits per heavy atom. The Balaban J connectivity index is 1.58. The molecule has 31 heavy (non-hydrogen) atoms. The second-order valence-electron chi connectivity index (χ2n) is 6.93. The molecule has 0 saturated heterocycles. The summed E-state index contributed by atoms with van der Waals surface area (Å²) >= 11 is 0.895. The minimum absolute atomic E-state index is 0.0298. The Labute approximate surface area is 179 Å². The van der Waals surface area contributed by atoms with Gasteiger partial charge in [-0.05, 0) is 23.8 Å². The summed E-state index contributed by atoms with van der Waals surface area (Å²) in [5.41, 5.74) is 0.528. The van der Waals surface area contributed by atoms with E-state index in [-0.39, 0.29) is 28.9 Å². The monoisotopic (exact) mass is 446 g/mol. The van der Waals surface area contributed by atoms with E-state index in [4.69, 9.17) is 0 Å². The average molecular weight is 446 g/mol. The van der Waals surface area contributed by atoms with E-state index in [9.17, 15) is 22.8 Å². The zero-order valence-corrected chi connectivity index (χ0v) is 17.1. The molecule has 6 nitrogen and oxygen atoms in total. The van der Waals surface area contributed by atoms with Gasteiger partial charge < -0.3 is 9.88 Å². The van der Waals surface area contributed by atoms with Gasteiger partial charge in [0.2, 0.25) is 0 Å². The first kappa shape index (κ1) is 21.0. The van der Waals surface area contributed by atoms with Gasteiger partial charge in [0, 0.05) is 24.1 Å². The third-order valence-corrected chi connectivity index (χ3v) is 5.74. The Bertz CT molecular complexity index is 1200. The van der Waals surface area contributed by atoms with E-state index < -0.39 is 17.6 Å². The number of nitrogens with one attached hydrogen (secondary N) is 1. The van der Waals surface area contributed by atoms with Gasteiger partial charge in [0.25, 0.3) is 11.8 Å². The van der Waals surface area contributed by atoms with Crippen LogP contribution in [0.15, 0.2) is 59.8 Å². The lowest BCUT2D eigenvalue weighted by molar-refractivity contribution is -0.137. The van der Waals surface area contributed by atoms with Gasteiger partial charge in [0.15, 0.2) is 5.04 Å². The minimum atomic E-state index is -4.61. The highest BCUT2D eigenvalue weighted by Crippen LogP contribution is 2.34. The fourth-order valence-corrected chi connectivity index (χ4v) is 4.11. The van der Waals surface area contributed by atoms with Gasteiger partial charge in [0.05, 0.1) is 23.5 Å². The lowest BCUT2D eigenvalue weighted by Gasteiger charge is -2.23.